The molecule has 0 saturated carbocycles. The second kappa shape index (κ2) is 9.93. The third-order valence-electron chi connectivity index (χ3n) is 5.17. The van der Waals surface area contributed by atoms with Gasteiger partial charge in [0.25, 0.3) is 0 Å². The molecular weight excluding hydrogens is 418 g/mol. The van der Waals surface area contributed by atoms with Crippen molar-refractivity contribution >= 4 is 33.2 Å². The SMILES string of the molecule is CCOC(=O)N(C)c1ccc(NC(=O)C(c2ccccc2)N2CCS(=O)(=O)CC2)cc1. The number of amides is 2. The smallest absolute Gasteiger partial charge is 0.413 e. The van der Waals surface area contributed by atoms with E-state index < -0.39 is 22.0 Å². The van der Waals surface area contributed by atoms with Gasteiger partial charge in [0, 0.05) is 31.5 Å². The molecule has 1 heterocycles. The Hall–Kier alpha value is -2.91. The van der Waals surface area contributed by atoms with Crippen LogP contribution in [0.1, 0.15) is 18.5 Å². The van der Waals surface area contributed by atoms with E-state index in [1.165, 1.54) is 4.90 Å². The summed E-state index contributed by atoms with van der Waals surface area (Å²) in [5.41, 5.74) is 2.02. The molecule has 1 fully saturated rings. The first kappa shape index (κ1) is 22.8. The summed E-state index contributed by atoms with van der Waals surface area (Å²) in [6.07, 6.45) is -0.455. The van der Waals surface area contributed by atoms with E-state index in [2.05, 4.69) is 5.32 Å². The number of hydrogen-bond acceptors (Lipinski definition) is 6. The highest BCUT2D eigenvalue weighted by molar-refractivity contribution is 7.91. The minimum Gasteiger partial charge on any atom is -0.449 e. The number of benzene rings is 2. The van der Waals surface area contributed by atoms with E-state index in [0.717, 1.165) is 5.56 Å². The maximum Gasteiger partial charge on any atom is 0.413 e. The van der Waals surface area contributed by atoms with Crippen molar-refractivity contribution in [1.29, 1.82) is 0 Å². The summed E-state index contributed by atoms with van der Waals surface area (Å²) in [7, 11) is -1.44. The molecule has 166 valence electrons. The number of nitrogens with zero attached hydrogens (tertiary/aromatic N) is 2. The van der Waals surface area contributed by atoms with Gasteiger partial charge in [0.1, 0.15) is 6.04 Å². The summed E-state index contributed by atoms with van der Waals surface area (Å²) in [4.78, 5) is 28.3. The topological polar surface area (TPSA) is 96.0 Å². The summed E-state index contributed by atoms with van der Waals surface area (Å²) in [6, 6.07) is 15.6. The van der Waals surface area contributed by atoms with Gasteiger partial charge in [0.2, 0.25) is 5.91 Å². The monoisotopic (exact) mass is 445 g/mol. The Kier molecular flexibility index (Phi) is 7.29. The van der Waals surface area contributed by atoms with Crippen molar-refractivity contribution in [2.24, 2.45) is 0 Å². The van der Waals surface area contributed by atoms with Crippen LogP contribution in [0.25, 0.3) is 0 Å². The molecule has 31 heavy (non-hydrogen) atoms. The molecular formula is C22H27N3O5S. The lowest BCUT2D eigenvalue weighted by Gasteiger charge is -2.33. The van der Waals surface area contributed by atoms with Gasteiger partial charge in [0.15, 0.2) is 9.84 Å². The lowest BCUT2D eigenvalue weighted by atomic mass is 10.0. The van der Waals surface area contributed by atoms with Crippen molar-refractivity contribution in [1.82, 2.24) is 4.90 Å². The highest BCUT2D eigenvalue weighted by Crippen LogP contribution is 2.25. The fraction of sp³-hybridized carbons (Fsp3) is 0.364. The van der Waals surface area contributed by atoms with Crippen molar-refractivity contribution in [3.8, 4) is 0 Å². The first-order chi connectivity index (χ1) is 14.8. The van der Waals surface area contributed by atoms with Gasteiger partial charge in [-0.05, 0) is 36.8 Å². The van der Waals surface area contributed by atoms with Crippen LogP contribution in [0.5, 0.6) is 0 Å². The lowest BCUT2D eigenvalue weighted by molar-refractivity contribution is -0.121. The van der Waals surface area contributed by atoms with Gasteiger partial charge in [-0.25, -0.2) is 13.2 Å². The van der Waals surface area contributed by atoms with Crippen LogP contribution < -0.4 is 10.2 Å². The average molecular weight is 446 g/mol. The van der Waals surface area contributed by atoms with Crippen LogP contribution in [0.15, 0.2) is 54.6 Å². The minimum absolute atomic E-state index is 0.0402. The number of sulfone groups is 1. The number of rotatable bonds is 6. The third kappa shape index (κ3) is 5.83. The average Bonchev–Trinajstić information content (AvgIpc) is 2.76. The van der Waals surface area contributed by atoms with Gasteiger partial charge >= 0.3 is 6.09 Å². The van der Waals surface area contributed by atoms with Crippen molar-refractivity contribution in [2.45, 2.75) is 13.0 Å². The van der Waals surface area contributed by atoms with Crippen molar-refractivity contribution < 1.29 is 22.7 Å². The second-order valence-electron chi connectivity index (χ2n) is 7.30. The van der Waals surface area contributed by atoms with E-state index in [1.54, 1.807) is 38.2 Å². The second-order valence-corrected chi connectivity index (χ2v) is 9.60. The van der Waals surface area contributed by atoms with E-state index in [-0.39, 0.29) is 24.0 Å². The minimum atomic E-state index is -3.06. The highest BCUT2D eigenvalue weighted by atomic mass is 32.2. The van der Waals surface area contributed by atoms with Crippen LogP contribution in [-0.4, -0.2) is 63.6 Å². The Morgan fingerprint density at radius 1 is 1.06 bits per heavy atom. The number of hydrogen-bond donors (Lipinski definition) is 1. The van der Waals surface area contributed by atoms with E-state index in [0.29, 0.717) is 24.5 Å². The van der Waals surface area contributed by atoms with Crippen LogP contribution in [-0.2, 0) is 19.4 Å². The van der Waals surface area contributed by atoms with Gasteiger partial charge in [-0.15, -0.1) is 0 Å². The maximum atomic E-state index is 13.2. The predicted molar refractivity (Wildman–Crippen MR) is 120 cm³/mol. The molecule has 1 aliphatic rings. The van der Waals surface area contributed by atoms with Crippen LogP contribution in [0.4, 0.5) is 16.2 Å². The molecule has 1 aliphatic heterocycles. The van der Waals surface area contributed by atoms with Gasteiger partial charge in [-0.2, -0.15) is 0 Å². The number of ether oxygens (including phenoxy) is 1. The van der Waals surface area contributed by atoms with E-state index in [1.807, 2.05) is 35.2 Å². The molecule has 0 spiro atoms. The van der Waals surface area contributed by atoms with Gasteiger partial charge in [-0.3, -0.25) is 14.6 Å². The van der Waals surface area contributed by atoms with Gasteiger partial charge in [0.05, 0.1) is 18.1 Å². The van der Waals surface area contributed by atoms with E-state index in [9.17, 15) is 18.0 Å². The Bertz CT molecular complexity index is 995. The normalized spacial score (nSPS) is 16.8. The van der Waals surface area contributed by atoms with Crippen LogP contribution in [0.2, 0.25) is 0 Å². The quantitative estimate of drug-likeness (QED) is 0.735. The molecule has 1 N–H and O–H groups in total. The molecule has 1 atom stereocenters. The number of anilines is 2. The first-order valence-corrected chi connectivity index (χ1v) is 11.9. The lowest BCUT2D eigenvalue weighted by Crippen LogP contribution is -2.46. The molecule has 2 aromatic carbocycles. The van der Waals surface area contributed by atoms with Crippen LogP contribution in [0.3, 0.4) is 0 Å². The molecule has 3 rings (SSSR count). The summed E-state index contributed by atoms with van der Waals surface area (Å²) in [6.45, 7) is 2.64. The molecule has 0 aliphatic carbocycles. The van der Waals surface area contributed by atoms with Crippen LogP contribution >= 0.6 is 0 Å². The molecule has 1 saturated heterocycles. The predicted octanol–water partition coefficient (Wildman–Crippen LogP) is 2.69. The molecule has 1 unspecified atom stereocenters. The molecule has 9 heteroatoms. The van der Waals surface area contributed by atoms with Crippen molar-refractivity contribution in [3.63, 3.8) is 0 Å². The summed E-state index contributed by atoms with van der Waals surface area (Å²) in [5.74, 6) is -0.159. The van der Waals surface area contributed by atoms with Crippen LogP contribution in [0, 0.1) is 0 Å². The molecule has 8 nitrogen and oxygen atoms in total. The van der Waals surface area contributed by atoms with Gasteiger partial charge in [-0.1, -0.05) is 30.3 Å². The number of carbonyl (C=O) groups is 2. The molecule has 2 amide bonds. The van der Waals surface area contributed by atoms with Gasteiger partial charge < -0.3 is 10.1 Å². The fourth-order valence-electron chi connectivity index (χ4n) is 3.45. The summed E-state index contributed by atoms with van der Waals surface area (Å²) < 4.78 is 28.6. The first-order valence-electron chi connectivity index (χ1n) is 10.1. The molecule has 2 aromatic rings. The van der Waals surface area contributed by atoms with Crippen molar-refractivity contribution in [2.75, 3.05) is 48.5 Å². The van der Waals surface area contributed by atoms with Crippen molar-refractivity contribution in [3.05, 3.63) is 60.2 Å². The number of nitrogens with one attached hydrogen (secondary N) is 1. The Balaban J connectivity index is 1.75. The fourth-order valence-corrected chi connectivity index (χ4v) is 4.68. The van der Waals surface area contributed by atoms with E-state index >= 15 is 0 Å². The molecule has 0 bridgehead atoms. The Morgan fingerprint density at radius 3 is 2.26 bits per heavy atom. The number of carbonyl (C=O) groups excluding carboxylic acids is 2. The Morgan fingerprint density at radius 2 is 1.68 bits per heavy atom. The largest absolute Gasteiger partial charge is 0.449 e. The highest BCUT2D eigenvalue weighted by Gasteiger charge is 2.32. The maximum absolute atomic E-state index is 13.2. The zero-order valence-corrected chi connectivity index (χ0v) is 18.5. The van der Waals surface area contributed by atoms with E-state index in [4.69, 9.17) is 4.74 Å². The molecule has 0 radical (unpaired) electrons. The summed E-state index contributed by atoms with van der Waals surface area (Å²) in [5, 5.41) is 2.91. The standard InChI is InChI=1S/C22H27N3O5S/c1-3-30-22(27)24(2)19-11-9-18(10-12-19)23-21(26)20(17-7-5-4-6-8-17)25-13-15-31(28,29)16-14-25/h4-12,20H,3,13-16H2,1-2H3,(H,23,26). The third-order valence-corrected chi connectivity index (χ3v) is 6.78. The molecule has 0 aromatic heterocycles. The zero-order valence-electron chi connectivity index (χ0n) is 17.7. The summed E-state index contributed by atoms with van der Waals surface area (Å²) >= 11 is 0. The Labute approximate surface area is 182 Å². The zero-order chi connectivity index (χ0) is 22.4.